The summed E-state index contributed by atoms with van der Waals surface area (Å²) in [5, 5.41) is 17.3. The van der Waals surface area contributed by atoms with E-state index in [9.17, 15) is 9.59 Å². The molecule has 1 aromatic rings. The minimum Gasteiger partial charge on any atom is -0.450 e. The molecule has 20 heavy (non-hydrogen) atoms. The first-order valence-corrected chi connectivity index (χ1v) is 6.30. The molecular weight excluding hydrogens is 260 g/mol. The number of benzene rings is 1. The van der Waals surface area contributed by atoms with E-state index in [0.717, 1.165) is 5.56 Å². The molecule has 1 N–H and O–H groups in total. The maximum Gasteiger partial charge on any atom is 0.507 e. The molecule has 0 aromatic heterocycles. The van der Waals surface area contributed by atoms with E-state index in [1.54, 1.807) is 12.1 Å². The molecule has 1 atom stereocenters. The molecule has 0 fully saturated rings. The second-order valence-corrected chi connectivity index (χ2v) is 4.45. The number of ether oxygens (including phenoxy) is 1. The standard InChI is InChI=1S/C14H14N2O4/c15-8-4-3-7-12(17)16-11-6-2-1-5-10(11)9-13(16)20-14(18)19/h1-2,5-6,13H,3-4,7,9H2,(H,18,19)/t13-/m0/s1. The van der Waals surface area contributed by atoms with Crippen molar-refractivity contribution in [2.75, 3.05) is 4.90 Å². The number of hydrogen-bond acceptors (Lipinski definition) is 4. The largest absolute Gasteiger partial charge is 0.507 e. The molecule has 1 aliphatic rings. The maximum atomic E-state index is 12.2. The van der Waals surface area contributed by atoms with Gasteiger partial charge in [-0.2, -0.15) is 5.26 Å². The number of carboxylic acid groups (broad SMARTS) is 1. The number of amides is 1. The summed E-state index contributed by atoms with van der Waals surface area (Å²) in [6.07, 6.45) is -0.926. The zero-order chi connectivity index (χ0) is 14.5. The number of hydrogen-bond donors (Lipinski definition) is 1. The van der Waals surface area contributed by atoms with E-state index in [1.807, 2.05) is 18.2 Å². The van der Waals surface area contributed by atoms with Crippen molar-refractivity contribution in [1.82, 2.24) is 0 Å². The van der Waals surface area contributed by atoms with E-state index in [2.05, 4.69) is 0 Å². The van der Waals surface area contributed by atoms with Gasteiger partial charge in [0.05, 0.1) is 11.8 Å². The van der Waals surface area contributed by atoms with Crippen LogP contribution in [0.5, 0.6) is 0 Å². The number of rotatable bonds is 4. The summed E-state index contributed by atoms with van der Waals surface area (Å²) in [6.45, 7) is 0. The van der Waals surface area contributed by atoms with Crippen molar-refractivity contribution in [2.24, 2.45) is 0 Å². The predicted molar refractivity (Wildman–Crippen MR) is 70.0 cm³/mol. The molecule has 1 heterocycles. The van der Waals surface area contributed by atoms with Crippen LogP contribution < -0.4 is 4.90 Å². The quantitative estimate of drug-likeness (QED) is 0.672. The lowest BCUT2D eigenvalue weighted by atomic mass is 10.1. The number of carbonyl (C=O) groups is 2. The molecule has 0 radical (unpaired) electrons. The van der Waals surface area contributed by atoms with Crippen molar-refractivity contribution in [3.8, 4) is 6.07 Å². The lowest BCUT2D eigenvalue weighted by molar-refractivity contribution is -0.120. The molecule has 1 aliphatic heterocycles. The van der Waals surface area contributed by atoms with Crippen LogP contribution in [0.25, 0.3) is 0 Å². The highest BCUT2D eigenvalue weighted by Crippen LogP contribution is 2.33. The van der Waals surface area contributed by atoms with E-state index in [-0.39, 0.29) is 12.3 Å². The highest BCUT2D eigenvalue weighted by Gasteiger charge is 2.35. The first kappa shape index (κ1) is 13.9. The molecule has 0 bridgehead atoms. The van der Waals surface area contributed by atoms with Gasteiger partial charge in [-0.15, -0.1) is 0 Å². The molecule has 1 amide bonds. The summed E-state index contributed by atoms with van der Waals surface area (Å²) < 4.78 is 4.79. The van der Waals surface area contributed by atoms with Gasteiger partial charge in [-0.3, -0.25) is 9.69 Å². The first-order chi connectivity index (χ1) is 9.63. The first-order valence-electron chi connectivity index (χ1n) is 6.30. The van der Waals surface area contributed by atoms with Crippen LogP contribution in [0.2, 0.25) is 0 Å². The van der Waals surface area contributed by atoms with Gasteiger partial charge >= 0.3 is 6.16 Å². The zero-order valence-corrected chi connectivity index (χ0v) is 10.8. The molecule has 1 aromatic carbocycles. The van der Waals surface area contributed by atoms with Gasteiger partial charge in [0, 0.05) is 19.3 Å². The fraction of sp³-hybridized carbons (Fsp3) is 0.357. The summed E-state index contributed by atoms with van der Waals surface area (Å²) >= 11 is 0. The highest BCUT2D eigenvalue weighted by atomic mass is 16.7. The van der Waals surface area contributed by atoms with Crippen LogP contribution in [-0.2, 0) is 16.0 Å². The third-order valence-electron chi connectivity index (χ3n) is 3.12. The Kier molecular flexibility index (Phi) is 4.20. The van der Waals surface area contributed by atoms with Gasteiger partial charge < -0.3 is 9.84 Å². The Morgan fingerprint density at radius 2 is 2.20 bits per heavy atom. The lowest BCUT2D eigenvalue weighted by Gasteiger charge is -2.24. The van der Waals surface area contributed by atoms with Gasteiger partial charge in [-0.05, 0) is 18.1 Å². The lowest BCUT2D eigenvalue weighted by Crippen LogP contribution is -2.40. The van der Waals surface area contributed by atoms with Gasteiger partial charge in [0.2, 0.25) is 5.91 Å². The third-order valence-corrected chi connectivity index (χ3v) is 3.12. The van der Waals surface area contributed by atoms with Crippen molar-refractivity contribution in [2.45, 2.75) is 31.9 Å². The third kappa shape index (κ3) is 2.88. The van der Waals surface area contributed by atoms with Crippen LogP contribution in [0.1, 0.15) is 24.8 Å². The Morgan fingerprint density at radius 3 is 2.90 bits per heavy atom. The van der Waals surface area contributed by atoms with Gasteiger partial charge in [-0.1, -0.05) is 18.2 Å². The molecule has 2 rings (SSSR count). The molecule has 0 saturated carbocycles. The number of nitrogens with zero attached hydrogens (tertiary/aromatic N) is 2. The Hall–Kier alpha value is -2.55. The highest BCUT2D eigenvalue weighted by molar-refractivity contribution is 5.96. The zero-order valence-electron chi connectivity index (χ0n) is 10.8. The van der Waals surface area contributed by atoms with E-state index in [4.69, 9.17) is 15.1 Å². The predicted octanol–water partition coefficient (Wildman–Crippen LogP) is 2.29. The minimum atomic E-state index is -1.40. The molecular formula is C14H14N2O4. The van der Waals surface area contributed by atoms with Gasteiger partial charge in [0.1, 0.15) is 0 Å². The van der Waals surface area contributed by atoms with Crippen molar-refractivity contribution < 1.29 is 19.4 Å². The van der Waals surface area contributed by atoms with Gasteiger partial charge in [0.25, 0.3) is 0 Å². The molecule has 104 valence electrons. The average molecular weight is 274 g/mol. The van der Waals surface area contributed by atoms with Crippen LogP contribution >= 0.6 is 0 Å². The van der Waals surface area contributed by atoms with Crippen LogP contribution in [0.4, 0.5) is 10.5 Å². The van der Waals surface area contributed by atoms with Crippen molar-refractivity contribution >= 4 is 17.7 Å². The smallest absolute Gasteiger partial charge is 0.450 e. The second kappa shape index (κ2) is 6.06. The van der Waals surface area contributed by atoms with E-state index >= 15 is 0 Å². The Morgan fingerprint density at radius 1 is 1.45 bits per heavy atom. The van der Waals surface area contributed by atoms with Crippen LogP contribution in [-0.4, -0.2) is 23.4 Å². The normalized spacial score (nSPS) is 16.4. The Balaban J connectivity index is 2.18. The molecule has 6 nitrogen and oxygen atoms in total. The van der Waals surface area contributed by atoms with Crippen molar-refractivity contribution in [3.05, 3.63) is 29.8 Å². The van der Waals surface area contributed by atoms with Crippen molar-refractivity contribution in [3.63, 3.8) is 0 Å². The molecule has 0 saturated heterocycles. The Bertz CT molecular complexity index is 565. The van der Waals surface area contributed by atoms with Crippen molar-refractivity contribution in [1.29, 1.82) is 5.26 Å². The maximum absolute atomic E-state index is 12.2. The topological polar surface area (TPSA) is 90.6 Å². The van der Waals surface area contributed by atoms with Gasteiger partial charge in [-0.25, -0.2) is 4.79 Å². The average Bonchev–Trinajstić information content (AvgIpc) is 2.75. The second-order valence-electron chi connectivity index (χ2n) is 4.45. The molecule has 0 spiro atoms. The summed E-state index contributed by atoms with van der Waals surface area (Å²) in [7, 11) is 0. The fourth-order valence-electron chi connectivity index (χ4n) is 2.30. The van der Waals surface area contributed by atoms with Gasteiger partial charge in [0.15, 0.2) is 6.23 Å². The molecule has 0 unspecified atom stereocenters. The monoisotopic (exact) mass is 274 g/mol. The van der Waals surface area contributed by atoms with E-state index in [0.29, 0.717) is 24.9 Å². The minimum absolute atomic E-state index is 0.196. The fourth-order valence-corrected chi connectivity index (χ4v) is 2.30. The number of nitriles is 1. The van der Waals surface area contributed by atoms with Crippen LogP contribution in [0.15, 0.2) is 24.3 Å². The van der Waals surface area contributed by atoms with Crippen LogP contribution in [0, 0.1) is 11.3 Å². The number of para-hydroxylation sites is 1. The number of anilines is 1. The summed E-state index contributed by atoms with van der Waals surface area (Å²) in [5.41, 5.74) is 1.56. The summed E-state index contributed by atoms with van der Waals surface area (Å²) in [4.78, 5) is 24.3. The number of carbonyl (C=O) groups excluding carboxylic acids is 1. The number of unbranched alkanes of at least 4 members (excludes halogenated alkanes) is 1. The number of fused-ring (bicyclic) bond motifs is 1. The van der Waals surface area contributed by atoms with E-state index in [1.165, 1.54) is 4.90 Å². The summed E-state index contributed by atoms with van der Waals surface area (Å²) in [5.74, 6) is -0.226. The SMILES string of the molecule is N#CCCCC(=O)N1c2ccccc2C[C@@H]1OC(=O)O. The molecule has 6 heteroatoms. The summed E-state index contributed by atoms with van der Waals surface area (Å²) in [6, 6.07) is 9.21. The molecule has 0 aliphatic carbocycles. The Labute approximate surface area is 116 Å². The van der Waals surface area contributed by atoms with E-state index < -0.39 is 12.4 Å². The van der Waals surface area contributed by atoms with Crippen LogP contribution in [0.3, 0.4) is 0 Å².